The van der Waals surface area contributed by atoms with Crippen molar-refractivity contribution in [2.75, 3.05) is 57.5 Å². The van der Waals surface area contributed by atoms with Gasteiger partial charge in [0.25, 0.3) is 0 Å². The molecule has 0 bridgehead atoms. The molecule has 1 amide bonds. The van der Waals surface area contributed by atoms with Gasteiger partial charge in [0.15, 0.2) is 5.82 Å². The van der Waals surface area contributed by atoms with E-state index < -0.39 is 11.7 Å². The lowest BCUT2D eigenvalue weighted by Crippen LogP contribution is -2.53. The molecular formula is C27H31FN6O4. The van der Waals surface area contributed by atoms with Gasteiger partial charge in [0.1, 0.15) is 5.82 Å². The number of halogens is 1. The number of ether oxygens (including phenoxy) is 3. The maximum absolute atomic E-state index is 13.7. The first-order chi connectivity index (χ1) is 18.5. The first-order valence-corrected chi connectivity index (χ1v) is 13.0. The van der Waals surface area contributed by atoms with Crippen molar-refractivity contribution in [1.29, 1.82) is 0 Å². The summed E-state index contributed by atoms with van der Waals surface area (Å²) in [5, 5.41) is 0. The molecule has 0 spiro atoms. The molecular weight excluding hydrogens is 491 g/mol. The maximum Gasteiger partial charge on any atom is 0.233 e. The van der Waals surface area contributed by atoms with Crippen LogP contribution in [0, 0.1) is 11.2 Å². The number of carbonyl (C=O) groups is 1. The van der Waals surface area contributed by atoms with E-state index in [1.165, 1.54) is 12.1 Å². The molecule has 3 aliphatic rings. The van der Waals surface area contributed by atoms with Gasteiger partial charge in [-0.15, -0.1) is 0 Å². The Bertz CT molecular complexity index is 1280. The van der Waals surface area contributed by atoms with Gasteiger partial charge >= 0.3 is 0 Å². The van der Waals surface area contributed by atoms with Gasteiger partial charge in [0, 0.05) is 37.9 Å². The van der Waals surface area contributed by atoms with E-state index in [4.69, 9.17) is 24.2 Å². The van der Waals surface area contributed by atoms with Crippen LogP contribution in [0.25, 0.3) is 22.6 Å². The molecule has 5 heterocycles. The molecule has 6 rings (SSSR count). The predicted molar refractivity (Wildman–Crippen MR) is 137 cm³/mol. The lowest BCUT2D eigenvalue weighted by atomic mass is 9.90. The van der Waals surface area contributed by atoms with Gasteiger partial charge in [-0.1, -0.05) is 0 Å². The van der Waals surface area contributed by atoms with Gasteiger partial charge in [0.2, 0.25) is 18.1 Å². The van der Waals surface area contributed by atoms with Crippen LogP contribution in [0.15, 0.2) is 36.5 Å². The van der Waals surface area contributed by atoms with Crippen LogP contribution in [-0.2, 0) is 19.0 Å². The number of imidazole rings is 1. The summed E-state index contributed by atoms with van der Waals surface area (Å²) in [6.45, 7) is 6.32. The Labute approximate surface area is 220 Å². The molecule has 38 heavy (non-hydrogen) atoms. The number of hydrogen-bond donors (Lipinski definition) is 1. The van der Waals surface area contributed by atoms with Gasteiger partial charge in [-0.05, 0) is 50.1 Å². The number of H-pyrrole nitrogens is 1. The zero-order valence-electron chi connectivity index (χ0n) is 21.4. The van der Waals surface area contributed by atoms with E-state index in [0.717, 1.165) is 31.5 Å². The second-order valence-corrected chi connectivity index (χ2v) is 10.2. The van der Waals surface area contributed by atoms with Crippen LogP contribution in [-0.4, -0.2) is 83.3 Å². The van der Waals surface area contributed by atoms with Crippen molar-refractivity contribution >= 4 is 11.9 Å². The third-order valence-electron chi connectivity index (χ3n) is 7.27. The molecule has 0 aliphatic carbocycles. The van der Waals surface area contributed by atoms with E-state index in [9.17, 15) is 9.18 Å². The Kier molecular flexibility index (Phi) is 6.81. The van der Waals surface area contributed by atoms with Crippen LogP contribution in [0.4, 0.5) is 10.3 Å². The zero-order valence-corrected chi connectivity index (χ0v) is 21.4. The predicted octanol–water partition coefficient (Wildman–Crippen LogP) is 3.18. The van der Waals surface area contributed by atoms with Crippen molar-refractivity contribution < 1.29 is 23.4 Å². The number of anilines is 1. The molecule has 10 nitrogen and oxygen atoms in total. The van der Waals surface area contributed by atoms with Gasteiger partial charge in [0.05, 0.1) is 48.9 Å². The number of nitrogens with one attached hydrogen (secondary N) is 1. The molecule has 0 atom stereocenters. The highest BCUT2D eigenvalue weighted by molar-refractivity contribution is 5.83. The highest BCUT2D eigenvalue weighted by atomic mass is 19.1. The Morgan fingerprint density at radius 2 is 1.74 bits per heavy atom. The number of hydrogen-bond acceptors (Lipinski definition) is 8. The van der Waals surface area contributed by atoms with Crippen LogP contribution in [0.5, 0.6) is 0 Å². The molecule has 3 aromatic rings. The molecule has 3 fully saturated rings. The summed E-state index contributed by atoms with van der Waals surface area (Å²) in [5.74, 6) is 0.805. The van der Waals surface area contributed by atoms with Crippen molar-refractivity contribution in [3.63, 3.8) is 0 Å². The van der Waals surface area contributed by atoms with Crippen molar-refractivity contribution in [3.8, 4) is 22.6 Å². The lowest BCUT2D eigenvalue weighted by Gasteiger charge is -2.39. The minimum Gasteiger partial charge on any atom is -0.378 e. The molecule has 200 valence electrons. The Hall–Kier alpha value is -3.41. The summed E-state index contributed by atoms with van der Waals surface area (Å²) in [5.41, 5.74) is 1.88. The fourth-order valence-corrected chi connectivity index (χ4v) is 5.10. The SMILES string of the molecule is CC1(C(=O)N2CCOCC2)COC(c2nc(-c3ccc(F)cc3)c(-c3ccnc(N4CCCC4)n3)[nH]2)OC1. The van der Waals surface area contributed by atoms with E-state index in [1.807, 2.05) is 13.0 Å². The number of aromatic nitrogens is 4. The van der Waals surface area contributed by atoms with E-state index in [-0.39, 0.29) is 24.9 Å². The minimum absolute atomic E-state index is 0.00168. The van der Waals surface area contributed by atoms with Crippen LogP contribution in [0.2, 0.25) is 0 Å². The molecule has 0 saturated carbocycles. The highest BCUT2D eigenvalue weighted by Crippen LogP contribution is 2.36. The van der Waals surface area contributed by atoms with Gasteiger partial charge in [-0.2, -0.15) is 0 Å². The molecule has 1 N–H and O–H groups in total. The standard InChI is InChI=1S/C27H31FN6O4/c1-27(25(35)33-12-14-36-15-13-33)16-37-24(38-17-27)23-31-21(18-4-6-19(28)7-5-18)22(32-23)20-8-9-29-26(30-20)34-10-2-3-11-34/h4-9,24H,2-3,10-17H2,1H3,(H,31,32). The number of benzene rings is 1. The second-order valence-electron chi connectivity index (χ2n) is 10.2. The summed E-state index contributed by atoms with van der Waals surface area (Å²) in [7, 11) is 0. The van der Waals surface area contributed by atoms with Gasteiger partial charge in [-0.3, -0.25) is 4.79 Å². The van der Waals surface area contributed by atoms with Gasteiger partial charge < -0.3 is 29.0 Å². The topological polar surface area (TPSA) is 106 Å². The van der Waals surface area contributed by atoms with Crippen LogP contribution >= 0.6 is 0 Å². The number of rotatable bonds is 5. The minimum atomic E-state index is -0.791. The van der Waals surface area contributed by atoms with E-state index in [0.29, 0.717) is 55.2 Å². The van der Waals surface area contributed by atoms with Gasteiger partial charge in [-0.25, -0.2) is 19.3 Å². The van der Waals surface area contributed by atoms with E-state index >= 15 is 0 Å². The van der Waals surface area contributed by atoms with Crippen molar-refractivity contribution in [3.05, 3.63) is 48.2 Å². The zero-order chi connectivity index (χ0) is 26.1. The Morgan fingerprint density at radius 1 is 1.03 bits per heavy atom. The fraction of sp³-hybridized carbons (Fsp3) is 0.481. The van der Waals surface area contributed by atoms with Crippen LogP contribution in [0.3, 0.4) is 0 Å². The summed E-state index contributed by atoms with van der Waals surface area (Å²) in [6, 6.07) is 7.99. The van der Waals surface area contributed by atoms with Crippen LogP contribution in [0.1, 0.15) is 31.9 Å². The number of amides is 1. The molecule has 3 aliphatic heterocycles. The maximum atomic E-state index is 13.7. The largest absolute Gasteiger partial charge is 0.378 e. The average Bonchev–Trinajstić information content (AvgIpc) is 3.65. The van der Waals surface area contributed by atoms with Crippen molar-refractivity contribution in [1.82, 2.24) is 24.8 Å². The lowest BCUT2D eigenvalue weighted by molar-refractivity contribution is -0.235. The number of aromatic amines is 1. The molecule has 3 saturated heterocycles. The third-order valence-corrected chi connectivity index (χ3v) is 7.27. The molecule has 0 radical (unpaired) electrons. The first-order valence-electron chi connectivity index (χ1n) is 13.0. The summed E-state index contributed by atoms with van der Waals surface area (Å²) >= 11 is 0. The molecule has 11 heteroatoms. The number of carbonyl (C=O) groups excluding carboxylic acids is 1. The fourth-order valence-electron chi connectivity index (χ4n) is 5.10. The third kappa shape index (κ3) is 4.89. The van der Waals surface area contributed by atoms with E-state index in [1.54, 1.807) is 23.2 Å². The first kappa shape index (κ1) is 24.9. The average molecular weight is 523 g/mol. The quantitative estimate of drug-likeness (QED) is 0.545. The molecule has 2 aromatic heterocycles. The summed E-state index contributed by atoms with van der Waals surface area (Å²) < 4.78 is 31.2. The molecule has 0 unspecified atom stereocenters. The summed E-state index contributed by atoms with van der Waals surface area (Å²) in [4.78, 5) is 34.6. The van der Waals surface area contributed by atoms with E-state index in [2.05, 4.69) is 14.9 Å². The van der Waals surface area contributed by atoms with Crippen molar-refractivity contribution in [2.24, 2.45) is 5.41 Å². The summed E-state index contributed by atoms with van der Waals surface area (Å²) in [6.07, 6.45) is 3.19. The number of nitrogens with zero attached hydrogens (tertiary/aromatic N) is 5. The van der Waals surface area contributed by atoms with Crippen LogP contribution < -0.4 is 4.90 Å². The number of morpholine rings is 1. The Balaban J connectivity index is 1.28. The molecule has 1 aromatic carbocycles. The smallest absolute Gasteiger partial charge is 0.233 e. The normalized spacial score (nSPS) is 24.1. The Morgan fingerprint density at radius 3 is 2.45 bits per heavy atom. The monoisotopic (exact) mass is 522 g/mol. The highest BCUT2D eigenvalue weighted by Gasteiger charge is 2.43. The second kappa shape index (κ2) is 10.4. The van der Waals surface area contributed by atoms with Crippen molar-refractivity contribution in [2.45, 2.75) is 26.1 Å².